The lowest BCUT2D eigenvalue weighted by molar-refractivity contribution is -0.120. The summed E-state index contributed by atoms with van der Waals surface area (Å²) >= 11 is 0. The standard InChI is InChI=1S/C16H22N4O3/c1-17-10-14(21)19-15(16-18-5-6-20(16)2)11-7-12(22-3)9-13(8-11)23-4/h5-9,15,17H,10H2,1-4H3,(H,19,21). The van der Waals surface area contributed by atoms with Crippen molar-refractivity contribution in [1.82, 2.24) is 20.2 Å². The maximum Gasteiger partial charge on any atom is 0.234 e. The van der Waals surface area contributed by atoms with Crippen molar-refractivity contribution in [2.45, 2.75) is 6.04 Å². The Balaban J connectivity index is 2.44. The number of aromatic nitrogens is 2. The molecular weight excluding hydrogens is 296 g/mol. The molecule has 0 aliphatic rings. The van der Waals surface area contributed by atoms with E-state index in [2.05, 4.69) is 15.6 Å². The molecule has 0 aliphatic carbocycles. The zero-order chi connectivity index (χ0) is 16.8. The Morgan fingerprint density at radius 2 is 1.91 bits per heavy atom. The Morgan fingerprint density at radius 3 is 2.39 bits per heavy atom. The molecular formula is C16H22N4O3. The van der Waals surface area contributed by atoms with Crippen LogP contribution in [0.3, 0.4) is 0 Å². The summed E-state index contributed by atoms with van der Waals surface area (Å²) in [5, 5.41) is 5.82. The lowest BCUT2D eigenvalue weighted by atomic mass is 10.0. The number of hydrogen-bond acceptors (Lipinski definition) is 5. The van der Waals surface area contributed by atoms with Crippen molar-refractivity contribution in [3.63, 3.8) is 0 Å². The molecule has 0 saturated heterocycles. The van der Waals surface area contributed by atoms with Gasteiger partial charge in [0.2, 0.25) is 5.91 Å². The Hall–Kier alpha value is -2.54. The highest BCUT2D eigenvalue weighted by molar-refractivity contribution is 5.78. The number of benzene rings is 1. The number of carbonyl (C=O) groups excluding carboxylic acids is 1. The van der Waals surface area contributed by atoms with Gasteiger partial charge < -0.3 is 24.7 Å². The number of likely N-dealkylation sites (N-methyl/N-ethyl adjacent to an activating group) is 1. The minimum atomic E-state index is -0.403. The van der Waals surface area contributed by atoms with Crippen LogP contribution in [0.1, 0.15) is 17.4 Å². The van der Waals surface area contributed by atoms with Crippen LogP contribution in [0.15, 0.2) is 30.6 Å². The molecule has 0 spiro atoms. The second-order valence-corrected chi connectivity index (χ2v) is 5.07. The maximum absolute atomic E-state index is 12.1. The fourth-order valence-electron chi connectivity index (χ4n) is 2.32. The number of carbonyl (C=O) groups is 1. The first-order chi connectivity index (χ1) is 11.1. The molecule has 0 radical (unpaired) electrons. The van der Waals surface area contributed by atoms with Crippen LogP contribution >= 0.6 is 0 Å². The lowest BCUT2D eigenvalue weighted by Crippen LogP contribution is -2.36. The van der Waals surface area contributed by atoms with E-state index in [9.17, 15) is 4.79 Å². The topological polar surface area (TPSA) is 77.4 Å². The largest absolute Gasteiger partial charge is 0.497 e. The van der Waals surface area contributed by atoms with Crippen molar-refractivity contribution in [3.05, 3.63) is 42.0 Å². The number of amides is 1. The van der Waals surface area contributed by atoms with E-state index in [1.807, 2.05) is 29.9 Å². The summed E-state index contributed by atoms with van der Waals surface area (Å²) in [5.74, 6) is 1.91. The number of hydrogen-bond donors (Lipinski definition) is 2. The molecule has 0 bridgehead atoms. The van der Waals surface area contributed by atoms with Gasteiger partial charge >= 0.3 is 0 Å². The fourth-order valence-corrected chi connectivity index (χ4v) is 2.32. The number of aryl methyl sites for hydroxylation is 1. The van der Waals surface area contributed by atoms with Crippen molar-refractivity contribution in [1.29, 1.82) is 0 Å². The molecule has 1 heterocycles. The SMILES string of the molecule is CNCC(=O)NC(c1cc(OC)cc(OC)c1)c1nccn1C. The average molecular weight is 318 g/mol. The van der Waals surface area contributed by atoms with Gasteiger partial charge in [-0.2, -0.15) is 0 Å². The Bertz CT molecular complexity index is 647. The van der Waals surface area contributed by atoms with Gasteiger partial charge in [-0.25, -0.2) is 4.98 Å². The van der Waals surface area contributed by atoms with Gasteiger partial charge in [0.05, 0.1) is 20.8 Å². The molecule has 1 aromatic carbocycles. The Morgan fingerprint density at radius 1 is 1.26 bits per heavy atom. The third kappa shape index (κ3) is 4.01. The quantitative estimate of drug-likeness (QED) is 0.792. The van der Waals surface area contributed by atoms with Crippen molar-refractivity contribution < 1.29 is 14.3 Å². The molecule has 1 amide bonds. The van der Waals surface area contributed by atoms with Crippen LogP contribution in [0.2, 0.25) is 0 Å². The van der Waals surface area contributed by atoms with E-state index < -0.39 is 6.04 Å². The Kier molecular flexibility index (Phi) is 5.59. The molecule has 1 unspecified atom stereocenters. The van der Waals surface area contributed by atoms with Crippen LogP contribution in [0.25, 0.3) is 0 Å². The normalized spacial score (nSPS) is 11.8. The van der Waals surface area contributed by atoms with E-state index in [0.29, 0.717) is 11.5 Å². The van der Waals surface area contributed by atoms with Crippen LogP contribution < -0.4 is 20.1 Å². The first kappa shape index (κ1) is 16.8. The van der Waals surface area contributed by atoms with Gasteiger partial charge in [-0.3, -0.25) is 4.79 Å². The smallest absolute Gasteiger partial charge is 0.234 e. The summed E-state index contributed by atoms with van der Waals surface area (Å²) in [4.78, 5) is 16.4. The molecule has 124 valence electrons. The second-order valence-electron chi connectivity index (χ2n) is 5.07. The van der Waals surface area contributed by atoms with Gasteiger partial charge in [-0.1, -0.05) is 0 Å². The molecule has 23 heavy (non-hydrogen) atoms. The van der Waals surface area contributed by atoms with Crippen molar-refractivity contribution in [2.75, 3.05) is 27.8 Å². The summed E-state index contributed by atoms with van der Waals surface area (Å²) in [6.07, 6.45) is 3.54. The molecule has 0 fully saturated rings. The number of rotatable bonds is 7. The summed E-state index contributed by atoms with van der Waals surface area (Å²) < 4.78 is 12.5. The predicted molar refractivity (Wildman–Crippen MR) is 86.7 cm³/mol. The van der Waals surface area contributed by atoms with E-state index in [1.54, 1.807) is 33.5 Å². The summed E-state index contributed by atoms with van der Waals surface area (Å²) in [6.45, 7) is 0.224. The zero-order valence-electron chi connectivity index (χ0n) is 13.8. The highest BCUT2D eigenvalue weighted by Crippen LogP contribution is 2.29. The van der Waals surface area contributed by atoms with Crippen LogP contribution in [-0.2, 0) is 11.8 Å². The number of nitrogens with one attached hydrogen (secondary N) is 2. The van der Waals surface area contributed by atoms with E-state index in [1.165, 1.54) is 0 Å². The number of imidazole rings is 1. The molecule has 2 rings (SSSR count). The molecule has 7 heteroatoms. The van der Waals surface area contributed by atoms with E-state index >= 15 is 0 Å². The molecule has 0 aliphatic heterocycles. The third-order valence-electron chi connectivity index (χ3n) is 3.47. The second kappa shape index (κ2) is 7.64. The summed E-state index contributed by atoms with van der Waals surface area (Å²) in [7, 11) is 6.79. The first-order valence-corrected chi connectivity index (χ1v) is 7.23. The Labute approximate surface area is 135 Å². The monoisotopic (exact) mass is 318 g/mol. The third-order valence-corrected chi connectivity index (χ3v) is 3.47. The van der Waals surface area contributed by atoms with Crippen molar-refractivity contribution in [3.8, 4) is 11.5 Å². The van der Waals surface area contributed by atoms with Crippen LogP contribution in [0.5, 0.6) is 11.5 Å². The molecule has 0 saturated carbocycles. The molecule has 2 aromatic rings. The van der Waals surface area contributed by atoms with Crippen LogP contribution in [0, 0.1) is 0 Å². The van der Waals surface area contributed by atoms with E-state index in [4.69, 9.17) is 9.47 Å². The number of methoxy groups -OCH3 is 2. The molecule has 1 atom stereocenters. The highest BCUT2D eigenvalue weighted by Gasteiger charge is 2.22. The van der Waals surface area contributed by atoms with Gasteiger partial charge in [0.25, 0.3) is 0 Å². The predicted octanol–water partition coefficient (Wildman–Crippen LogP) is 0.862. The van der Waals surface area contributed by atoms with E-state index in [-0.39, 0.29) is 12.5 Å². The zero-order valence-corrected chi connectivity index (χ0v) is 13.8. The highest BCUT2D eigenvalue weighted by atomic mass is 16.5. The van der Waals surface area contributed by atoms with Gasteiger partial charge in [-0.05, 0) is 24.7 Å². The molecule has 1 aromatic heterocycles. The van der Waals surface area contributed by atoms with Crippen LogP contribution in [-0.4, -0.2) is 43.3 Å². The van der Waals surface area contributed by atoms with Crippen molar-refractivity contribution in [2.24, 2.45) is 7.05 Å². The first-order valence-electron chi connectivity index (χ1n) is 7.23. The molecule has 2 N–H and O–H groups in total. The van der Waals surface area contributed by atoms with Gasteiger partial charge in [0.15, 0.2) is 0 Å². The summed E-state index contributed by atoms with van der Waals surface area (Å²) in [6, 6.07) is 5.11. The lowest BCUT2D eigenvalue weighted by Gasteiger charge is -2.20. The average Bonchev–Trinajstić information content (AvgIpc) is 2.98. The van der Waals surface area contributed by atoms with Gasteiger partial charge in [0.1, 0.15) is 23.4 Å². The minimum absolute atomic E-state index is 0.123. The van der Waals surface area contributed by atoms with E-state index in [0.717, 1.165) is 11.4 Å². The summed E-state index contributed by atoms with van der Waals surface area (Å²) in [5.41, 5.74) is 0.833. The maximum atomic E-state index is 12.1. The molecule has 7 nitrogen and oxygen atoms in total. The van der Waals surface area contributed by atoms with Gasteiger partial charge in [0, 0.05) is 25.5 Å². The van der Waals surface area contributed by atoms with Crippen molar-refractivity contribution >= 4 is 5.91 Å². The number of ether oxygens (including phenoxy) is 2. The number of nitrogens with zero attached hydrogens (tertiary/aromatic N) is 2. The van der Waals surface area contributed by atoms with Gasteiger partial charge in [-0.15, -0.1) is 0 Å². The minimum Gasteiger partial charge on any atom is -0.497 e. The van der Waals surface area contributed by atoms with Crippen LogP contribution in [0.4, 0.5) is 0 Å². The fraction of sp³-hybridized carbons (Fsp3) is 0.375.